The molecule has 0 spiro atoms. The van der Waals surface area contributed by atoms with Crippen LogP contribution in [-0.4, -0.2) is 19.0 Å². The normalized spacial score (nSPS) is 11.7. The van der Waals surface area contributed by atoms with Gasteiger partial charge in [-0.15, -0.1) is 0 Å². The predicted molar refractivity (Wildman–Crippen MR) is 76.0 cm³/mol. The quantitative estimate of drug-likeness (QED) is 0.903. The molecule has 0 aromatic carbocycles. The Morgan fingerprint density at radius 3 is 2.72 bits per heavy atom. The zero-order valence-corrected chi connectivity index (χ0v) is 12.4. The Bertz CT molecular complexity index is 658. The summed E-state index contributed by atoms with van der Waals surface area (Å²) in [6, 6.07) is 0. The number of anilines is 2. The molecule has 2 aromatic heterocycles. The lowest BCUT2D eigenvalue weighted by atomic mass is 10.2. The monoisotopic (exact) mass is 303 g/mol. The number of aryl methyl sites for hydroxylation is 1. The van der Waals surface area contributed by atoms with E-state index in [2.05, 4.69) is 15.1 Å². The molecular formula is C10H13N3O2S3. The van der Waals surface area contributed by atoms with Crippen LogP contribution in [0, 0.1) is 6.92 Å². The number of nitrogens with one attached hydrogen (secondary N) is 1. The van der Waals surface area contributed by atoms with E-state index in [1.54, 1.807) is 11.3 Å². The van der Waals surface area contributed by atoms with Crippen LogP contribution in [0.2, 0.25) is 0 Å². The summed E-state index contributed by atoms with van der Waals surface area (Å²) in [7, 11) is -3.36. The summed E-state index contributed by atoms with van der Waals surface area (Å²) >= 11 is 2.69. The van der Waals surface area contributed by atoms with E-state index >= 15 is 0 Å². The lowest BCUT2D eigenvalue weighted by Crippen LogP contribution is -2.05. The van der Waals surface area contributed by atoms with Crippen LogP contribution in [-0.2, 0) is 16.4 Å². The molecule has 2 heterocycles. The first kappa shape index (κ1) is 13.3. The SMILES string of the molecule is Cc1cscc1CNc1snc(N)c1S(C)(=O)=O. The van der Waals surface area contributed by atoms with Crippen LogP contribution >= 0.6 is 22.9 Å². The van der Waals surface area contributed by atoms with Crippen molar-refractivity contribution in [1.29, 1.82) is 0 Å². The number of sulfone groups is 1. The summed E-state index contributed by atoms with van der Waals surface area (Å²) in [5, 5.41) is 7.67. The highest BCUT2D eigenvalue weighted by Gasteiger charge is 2.21. The highest BCUT2D eigenvalue weighted by Crippen LogP contribution is 2.31. The van der Waals surface area contributed by atoms with Crippen LogP contribution in [0.25, 0.3) is 0 Å². The Kier molecular flexibility index (Phi) is 3.60. The van der Waals surface area contributed by atoms with E-state index in [0.29, 0.717) is 11.5 Å². The standard InChI is InChI=1S/C10H13N3O2S3/c1-6-4-16-5-7(6)3-12-10-8(18(2,14)15)9(11)13-17-10/h4-5,12H,3H2,1-2H3,(H2,11,13). The molecule has 0 saturated heterocycles. The maximum Gasteiger partial charge on any atom is 0.182 e. The zero-order chi connectivity index (χ0) is 13.3. The maximum absolute atomic E-state index is 11.6. The third-order valence-corrected chi connectivity index (χ3v) is 5.46. The van der Waals surface area contributed by atoms with Crippen molar-refractivity contribution in [3.8, 4) is 0 Å². The van der Waals surface area contributed by atoms with E-state index in [9.17, 15) is 8.42 Å². The van der Waals surface area contributed by atoms with Crippen LogP contribution < -0.4 is 11.1 Å². The molecule has 8 heteroatoms. The van der Waals surface area contributed by atoms with E-state index < -0.39 is 9.84 Å². The van der Waals surface area contributed by atoms with Gasteiger partial charge in [0.1, 0.15) is 9.90 Å². The Morgan fingerprint density at radius 1 is 1.44 bits per heavy atom. The minimum atomic E-state index is -3.36. The van der Waals surface area contributed by atoms with Crippen molar-refractivity contribution >= 4 is 43.5 Å². The molecule has 0 atom stereocenters. The van der Waals surface area contributed by atoms with E-state index in [1.807, 2.05) is 12.3 Å². The van der Waals surface area contributed by atoms with Crippen molar-refractivity contribution in [2.75, 3.05) is 17.3 Å². The highest BCUT2D eigenvalue weighted by atomic mass is 32.2. The Morgan fingerprint density at radius 2 is 2.17 bits per heavy atom. The molecule has 18 heavy (non-hydrogen) atoms. The molecule has 0 radical (unpaired) electrons. The van der Waals surface area contributed by atoms with Gasteiger partial charge >= 0.3 is 0 Å². The van der Waals surface area contributed by atoms with Gasteiger partial charge in [0.05, 0.1) is 0 Å². The van der Waals surface area contributed by atoms with E-state index in [0.717, 1.165) is 23.4 Å². The number of nitrogens with two attached hydrogens (primary N) is 1. The molecule has 0 saturated carbocycles. The minimum absolute atomic E-state index is 0.0621. The number of nitrogen functional groups attached to an aromatic ring is 1. The number of aromatic nitrogens is 1. The third-order valence-electron chi connectivity index (χ3n) is 2.45. The summed E-state index contributed by atoms with van der Waals surface area (Å²) in [5.74, 6) is 0.0621. The topological polar surface area (TPSA) is 85.1 Å². The minimum Gasteiger partial charge on any atom is -0.382 e. The molecule has 0 amide bonds. The Labute approximate surface area is 114 Å². The number of rotatable bonds is 4. The van der Waals surface area contributed by atoms with Crippen molar-refractivity contribution in [2.24, 2.45) is 0 Å². The smallest absolute Gasteiger partial charge is 0.182 e. The summed E-state index contributed by atoms with van der Waals surface area (Å²) in [4.78, 5) is 0.0976. The molecule has 0 unspecified atom stereocenters. The van der Waals surface area contributed by atoms with Gasteiger partial charge in [0.2, 0.25) is 0 Å². The summed E-state index contributed by atoms with van der Waals surface area (Å²) < 4.78 is 27.1. The van der Waals surface area contributed by atoms with Crippen LogP contribution in [0.5, 0.6) is 0 Å². The second kappa shape index (κ2) is 4.87. The summed E-state index contributed by atoms with van der Waals surface area (Å²) in [6.45, 7) is 2.59. The van der Waals surface area contributed by atoms with Crippen molar-refractivity contribution in [1.82, 2.24) is 4.37 Å². The van der Waals surface area contributed by atoms with Gasteiger partial charge in [-0.1, -0.05) is 0 Å². The van der Waals surface area contributed by atoms with Crippen LogP contribution in [0.15, 0.2) is 15.7 Å². The van der Waals surface area contributed by atoms with E-state index in [1.165, 1.54) is 5.56 Å². The zero-order valence-electron chi connectivity index (χ0n) is 9.93. The van der Waals surface area contributed by atoms with Crippen LogP contribution in [0.3, 0.4) is 0 Å². The summed E-state index contributed by atoms with van der Waals surface area (Å²) in [6.07, 6.45) is 1.13. The van der Waals surface area contributed by atoms with Gasteiger partial charge in [0.15, 0.2) is 15.7 Å². The molecule has 98 valence electrons. The molecule has 5 nitrogen and oxygen atoms in total. The lowest BCUT2D eigenvalue weighted by Gasteiger charge is -2.05. The Hall–Kier alpha value is -1.12. The first-order valence-corrected chi connectivity index (χ1v) is 8.71. The van der Waals surface area contributed by atoms with Gasteiger partial charge in [0.25, 0.3) is 0 Å². The fourth-order valence-electron chi connectivity index (χ4n) is 1.51. The highest BCUT2D eigenvalue weighted by molar-refractivity contribution is 7.91. The molecule has 0 aliphatic carbocycles. The molecule has 0 bridgehead atoms. The number of nitrogens with zero attached hydrogens (tertiary/aromatic N) is 1. The van der Waals surface area contributed by atoms with E-state index in [4.69, 9.17) is 5.73 Å². The first-order valence-electron chi connectivity index (χ1n) is 5.10. The van der Waals surface area contributed by atoms with Gasteiger partial charge in [-0.25, -0.2) is 8.42 Å². The number of hydrogen-bond donors (Lipinski definition) is 2. The van der Waals surface area contributed by atoms with E-state index in [-0.39, 0.29) is 10.7 Å². The molecule has 0 fully saturated rings. The van der Waals surface area contributed by atoms with Gasteiger partial charge in [-0.3, -0.25) is 0 Å². The summed E-state index contributed by atoms with van der Waals surface area (Å²) in [5.41, 5.74) is 7.92. The van der Waals surface area contributed by atoms with Gasteiger partial charge < -0.3 is 11.1 Å². The second-order valence-corrected chi connectivity index (χ2v) is 7.40. The maximum atomic E-state index is 11.6. The molecule has 2 aromatic rings. The van der Waals surface area contributed by atoms with Crippen LogP contribution in [0.4, 0.5) is 10.8 Å². The molecule has 3 N–H and O–H groups in total. The van der Waals surface area contributed by atoms with Crippen LogP contribution in [0.1, 0.15) is 11.1 Å². The van der Waals surface area contributed by atoms with Gasteiger partial charge in [0, 0.05) is 12.8 Å². The molecule has 2 rings (SSSR count). The van der Waals surface area contributed by atoms with Gasteiger partial charge in [-0.05, 0) is 40.3 Å². The third kappa shape index (κ3) is 2.65. The number of thiophene rings is 1. The average Bonchev–Trinajstić information content (AvgIpc) is 2.81. The molecular weight excluding hydrogens is 290 g/mol. The van der Waals surface area contributed by atoms with Crippen molar-refractivity contribution < 1.29 is 8.42 Å². The van der Waals surface area contributed by atoms with Crippen molar-refractivity contribution in [3.05, 3.63) is 21.9 Å². The second-order valence-electron chi connectivity index (χ2n) is 3.93. The predicted octanol–water partition coefficient (Wildman–Crippen LogP) is 2.11. The van der Waals surface area contributed by atoms with Crippen molar-refractivity contribution in [2.45, 2.75) is 18.4 Å². The van der Waals surface area contributed by atoms with Gasteiger partial charge in [-0.2, -0.15) is 15.7 Å². The number of hydrogen-bond acceptors (Lipinski definition) is 7. The van der Waals surface area contributed by atoms with Crippen molar-refractivity contribution in [3.63, 3.8) is 0 Å². The Balaban J connectivity index is 2.24. The fraction of sp³-hybridized carbons (Fsp3) is 0.300. The lowest BCUT2D eigenvalue weighted by molar-refractivity contribution is 0.602. The average molecular weight is 303 g/mol. The largest absolute Gasteiger partial charge is 0.382 e. The first-order chi connectivity index (χ1) is 8.39. The molecule has 0 aliphatic rings. The molecule has 0 aliphatic heterocycles. The fourth-order valence-corrected chi connectivity index (χ4v) is 4.43.